The average Bonchev–Trinajstić information content (AvgIpc) is 2.40. The molecular formula is C14H12O5S. The van der Waals surface area contributed by atoms with Crippen LogP contribution in [0.4, 0.5) is 0 Å². The molecule has 6 heteroatoms. The zero-order valence-electron chi connectivity index (χ0n) is 10.4. The molecule has 3 N–H and O–H groups in total. The molecule has 0 bridgehead atoms. The minimum atomic E-state index is -0.998. The summed E-state index contributed by atoms with van der Waals surface area (Å²) in [5.41, 5.74) is 0.554. The number of aliphatic carboxylic acids is 2. The van der Waals surface area contributed by atoms with Gasteiger partial charge in [-0.1, -0.05) is 24.3 Å². The maximum atomic E-state index is 10.9. The molecule has 2 aromatic carbocycles. The van der Waals surface area contributed by atoms with Gasteiger partial charge in [0.05, 0.1) is 17.1 Å². The van der Waals surface area contributed by atoms with E-state index in [1.165, 1.54) is 0 Å². The Balaban J connectivity index is 2.55. The zero-order valence-corrected chi connectivity index (χ0v) is 11.2. The van der Waals surface area contributed by atoms with Crippen LogP contribution >= 0.6 is 11.8 Å². The highest BCUT2D eigenvalue weighted by molar-refractivity contribution is 8.00. The van der Waals surface area contributed by atoms with E-state index in [-0.39, 0.29) is 17.9 Å². The molecule has 2 rings (SSSR count). The number of carboxylic acids is 2. The molecule has 0 unspecified atom stereocenters. The first-order chi connectivity index (χ1) is 9.49. The van der Waals surface area contributed by atoms with Gasteiger partial charge in [-0.3, -0.25) is 9.59 Å². The summed E-state index contributed by atoms with van der Waals surface area (Å²) in [7, 11) is 0. The molecule has 5 nitrogen and oxygen atoms in total. The maximum Gasteiger partial charge on any atom is 0.313 e. The summed E-state index contributed by atoms with van der Waals surface area (Å²) in [6, 6.07) is 8.45. The van der Waals surface area contributed by atoms with Crippen molar-refractivity contribution in [1.82, 2.24) is 0 Å². The van der Waals surface area contributed by atoms with E-state index >= 15 is 0 Å². The molecule has 0 fully saturated rings. The number of benzene rings is 2. The lowest BCUT2D eigenvalue weighted by atomic mass is 10.0. The SMILES string of the molecule is O=C(O)CSc1cc(CC(=O)O)c2ccccc2c1O. The summed E-state index contributed by atoms with van der Waals surface area (Å²) < 4.78 is 0. The van der Waals surface area contributed by atoms with Crippen LogP contribution in [0.3, 0.4) is 0 Å². The molecule has 0 aliphatic rings. The van der Waals surface area contributed by atoms with Crippen LogP contribution in [0.25, 0.3) is 10.8 Å². The van der Waals surface area contributed by atoms with Crippen molar-refractivity contribution >= 4 is 34.5 Å². The molecule has 0 radical (unpaired) electrons. The second-order valence-corrected chi connectivity index (χ2v) is 5.20. The molecule has 0 aliphatic carbocycles. The van der Waals surface area contributed by atoms with Gasteiger partial charge in [-0.2, -0.15) is 0 Å². The monoisotopic (exact) mass is 292 g/mol. The molecule has 2 aromatic rings. The Hall–Kier alpha value is -2.21. The normalized spacial score (nSPS) is 10.6. The highest BCUT2D eigenvalue weighted by Crippen LogP contribution is 2.37. The largest absolute Gasteiger partial charge is 0.506 e. The van der Waals surface area contributed by atoms with Gasteiger partial charge in [0.2, 0.25) is 0 Å². The van der Waals surface area contributed by atoms with Gasteiger partial charge in [-0.15, -0.1) is 11.8 Å². The third kappa shape index (κ3) is 3.03. The smallest absolute Gasteiger partial charge is 0.313 e. The van der Waals surface area contributed by atoms with Crippen LogP contribution in [0.2, 0.25) is 0 Å². The molecule has 0 amide bonds. The molecule has 0 saturated carbocycles. The molecule has 0 aliphatic heterocycles. The van der Waals surface area contributed by atoms with Gasteiger partial charge in [0.15, 0.2) is 0 Å². The lowest BCUT2D eigenvalue weighted by Gasteiger charge is -2.11. The Labute approximate surface area is 118 Å². The fourth-order valence-electron chi connectivity index (χ4n) is 1.97. The van der Waals surface area contributed by atoms with E-state index in [0.29, 0.717) is 21.2 Å². The first-order valence-electron chi connectivity index (χ1n) is 5.79. The van der Waals surface area contributed by atoms with Crippen molar-refractivity contribution < 1.29 is 24.9 Å². The van der Waals surface area contributed by atoms with E-state index in [1.807, 2.05) is 0 Å². The molecule has 0 heterocycles. The van der Waals surface area contributed by atoms with Crippen molar-refractivity contribution in [2.24, 2.45) is 0 Å². The van der Waals surface area contributed by atoms with Crippen LogP contribution in [0, 0.1) is 0 Å². The zero-order chi connectivity index (χ0) is 14.7. The predicted molar refractivity (Wildman–Crippen MR) is 75.3 cm³/mol. The lowest BCUT2D eigenvalue weighted by molar-refractivity contribution is -0.136. The number of rotatable bonds is 5. The molecule has 0 atom stereocenters. The van der Waals surface area contributed by atoms with E-state index in [2.05, 4.69) is 0 Å². The summed E-state index contributed by atoms with van der Waals surface area (Å²) >= 11 is 0.969. The maximum absolute atomic E-state index is 10.9. The summed E-state index contributed by atoms with van der Waals surface area (Å²) in [5.74, 6) is -2.18. The molecule has 20 heavy (non-hydrogen) atoms. The van der Waals surface area contributed by atoms with Crippen molar-refractivity contribution in [3.05, 3.63) is 35.9 Å². The first kappa shape index (κ1) is 14.2. The van der Waals surface area contributed by atoms with Crippen LogP contribution in [0.1, 0.15) is 5.56 Å². The minimum absolute atomic E-state index is 0.0130. The van der Waals surface area contributed by atoms with Gasteiger partial charge in [-0.25, -0.2) is 0 Å². The van der Waals surface area contributed by atoms with Gasteiger partial charge in [0.1, 0.15) is 5.75 Å². The lowest BCUT2D eigenvalue weighted by Crippen LogP contribution is -2.02. The Bertz CT molecular complexity index is 681. The van der Waals surface area contributed by atoms with Gasteiger partial charge < -0.3 is 15.3 Å². The van der Waals surface area contributed by atoms with Crippen molar-refractivity contribution in [2.45, 2.75) is 11.3 Å². The number of carbonyl (C=O) groups is 2. The summed E-state index contributed by atoms with van der Waals surface area (Å²) in [4.78, 5) is 21.9. The summed E-state index contributed by atoms with van der Waals surface area (Å²) in [6.45, 7) is 0. The number of thioether (sulfide) groups is 1. The third-order valence-electron chi connectivity index (χ3n) is 2.76. The fourth-order valence-corrected chi connectivity index (χ4v) is 2.72. The Morgan fingerprint density at radius 1 is 1.05 bits per heavy atom. The van der Waals surface area contributed by atoms with Crippen LogP contribution in [-0.2, 0) is 16.0 Å². The second-order valence-electron chi connectivity index (χ2n) is 4.18. The first-order valence-corrected chi connectivity index (χ1v) is 6.77. The number of carboxylic acid groups (broad SMARTS) is 2. The van der Waals surface area contributed by atoms with E-state index in [4.69, 9.17) is 10.2 Å². The highest BCUT2D eigenvalue weighted by atomic mass is 32.2. The number of phenols is 1. The van der Waals surface area contributed by atoms with Crippen LogP contribution in [-0.4, -0.2) is 33.0 Å². The Morgan fingerprint density at radius 2 is 1.70 bits per heavy atom. The van der Waals surface area contributed by atoms with Gasteiger partial charge in [-0.05, 0) is 17.0 Å². The van der Waals surface area contributed by atoms with E-state index < -0.39 is 11.9 Å². The highest BCUT2D eigenvalue weighted by Gasteiger charge is 2.14. The van der Waals surface area contributed by atoms with E-state index in [1.54, 1.807) is 30.3 Å². The van der Waals surface area contributed by atoms with Crippen molar-refractivity contribution in [3.63, 3.8) is 0 Å². The fraction of sp³-hybridized carbons (Fsp3) is 0.143. The van der Waals surface area contributed by atoms with E-state index in [0.717, 1.165) is 11.8 Å². The molecule has 0 spiro atoms. The topological polar surface area (TPSA) is 94.8 Å². The molecular weight excluding hydrogens is 280 g/mol. The Kier molecular flexibility index (Phi) is 4.14. The van der Waals surface area contributed by atoms with Gasteiger partial charge in [0.25, 0.3) is 0 Å². The standard InChI is InChI=1S/C14H12O5S/c15-12(16)6-8-5-11(20-7-13(17)18)14(19)10-4-2-1-3-9(8)10/h1-5,19H,6-7H2,(H,15,16)(H,17,18). The minimum Gasteiger partial charge on any atom is -0.506 e. The average molecular weight is 292 g/mol. The second kappa shape index (κ2) is 5.83. The number of hydrogen-bond acceptors (Lipinski definition) is 4. The number of fused-ring (bicyclic) bond motifs is 1. The quantitative estimate of drug-likeness (QED) is 0.732. The van der Waals surface area contributed by atoms with Crippen molar-refractivity contribution in [1.29, 1.82) is 0 Å². The van der Waals surface area contributed by atoms with Crippen LogP contribution in [0.15, 0.2) is 35.2 Å². The number of hydrogen-bond donors (Lipinski definition) is 3. The van der Waals surface area contributed by atoms with Crippen molar-refractivity contribution in [2.75, 3.05) is 5.75 Å². The summed E-state index contributed by atoms with van der Waals surface area (Å²) in [5, 5.41) is 29.0. The molecule has 0 aromatic heterocycles. The van der Waals surface area contributed by atoms with Gasteiger partial charge >= 0.3 is 11.9 Å². The van der Waals surface area contributed by atoms with E-state index in [9.17, 15) is 14.7 Å². The number of aromatic hydroxyl groups is 1. The predicted octanol–water partition coefficient (Wildman–Crippen LogP) is 2.35. The Morgan fingerprint density at radius 3 is 2.30 bits per heavy atom. The number of phenolic OH excluding ortho intramolecular Hbond substituents is 1. The van der Waals surface area contributed by atoms with Crippen LogP contribution in [0.5, 0.6) is 5.75 Å². The van der Waals surface area contributed by atoms with Crippen molar-refractivity contribution in [3.8, 4) is 5.75 Å². The molecule has 104 valence electrons. The summed E-state index contributed by atoms with van der Waals surface area (Å²) in [6.07, 6.45) is -0.179. The van der Waals surface area contributed by atoms with Gasteiger partial charge in [0, 0.05) is 5.39 Å². The molecule has 0 saturated heterocycles. The third-order valence-corrected chi connectivity index (χ3v) is 3.77. The van der Waals surface area contributed by atoms with Crippen LogP contribution < -0.4 is 0 Å².